The topological polar surface area (TPSA) is 85.3 Å². The second-order valence-corrected chi connectivity index (χ2v) is 9.05. The molecule has 1 atom stereocenters. The van der Waals surface area contributed by atoms with E-state index in [2.05, 4.69) is 52.3 Å². The minimum absolute atomic E-state index is 0.00857. The molecule has 0 aromatic heterocycles. The Labute approximate surface area is 200 Å². The molecule has 5 nitrogen and oxygen atoms in total. The number of halogens is 1. The van der Waals surface area contributed by atoms with Gasteiger partial charge in [0, 0.05) is 18.4 Å². The maximum atomic E-state index is 12.7. The maximum Gasteiger partial charge on any atom is 0.205 e. The molecular weight excluding hydrogens is 480 g/mol. The molecule has 164 valence electrons. The molecule has 2 N–H and O–H groups in total. The molecule has 0 saturated heterocycles. The SMILES string of the molecule is N#CC1=C(N)OC2=C(C(=O)CCC2)C1c1ccc(OCc2ccc3ccccc3c2)c(Br)c1. The van der Waals surface area contributed by atoms with Crippen molar-refractivity contribution in [2.24, 2.45) is 5.73 Å². The summed E-state index contributed by atoms with van der Waals surface area (Å²) in [7, 11) is 0. The van der Waals surface area contributed by atoms with Gasteiger partial charge in [0.15, 0.2) is 5.78 Å². The zero-order chi connectivity index (χ0) is 22.9. The number of nitrogens with zero attached hydrogens (tertiary/aromatic N) is 1. The summed E-state index contributed by atoms with van der Waals surface area (Å²) in [6.45, 7) is 0.421. The molecule has 0 amide bonds. The van der Waals surface area contributed by atoms with Crippen molar-refractivity contribution in [3.63, 3.8) is 0 Å². The highest BCUT2D eigenvalue weighted by atomic mass is 79.9. The predicted molar refractivity (Wildman–Crippen MR) is 129 cm³/mol. The number of ketones is 1. The third-order valence-corrected chi connectivity index (χ3v) is 6.72. The molecule has 1 aliphatic heterocycles. The van der Waals surface area contributed by atoms with Crippen molar-refractivity contribution in [2.45, 2.75) is 31.8 Å². The first-order valence-corrected chi connectivity index (χ1v) is 11.6. The Morgan fingerprint density at radius 3 is 2.70 bits per heavy atom. The van der Waals surface area contributed by atoms with Crippen LogP contribution >= 0.6 is 15.9 Å². The molecule has 0 fully saturated rings. The number of benzene rings is 3. The smallest absolute Gasteiger partial charge is 0.205 e. The summed E-state index contributed by atoms with van der Waals surface area (Å²) in [5, 5.41) is 12.1. The van der Waals surface area contributed by atoms with Crippen LogP contribution in [0.25, 0.3) is 10.8 Å². The van der Waals surface area contributed by atoms with Crippen LogP contribution in [0.15, 0.2) is 87.9 Å². The van der Waals surface area contributed by atoms with E-state index in [1.807, 2.05) is 30.3 Å². The van der Waals surface area contributed by atoms with Crippen LogP contribution in [-0.2, 0) is 16.1 Å². The van der Waals surface area contributed by atoms with Gasteiger partial charge in [-0.25, -0.2) is 0 Å². The van der Waals surface area contributed by atoms with Gasteiger partial charge in [-0.05, 0) is 62.4 Å². The van der Waals surface area contributed by atoms with Gasteiger partial charge in [0.25, 0.3) is 0 Å². The number of hydrogen-bond acceptors (Lipinski definition) is 5. The molecule has 1 unspecified atom stereocenters. The summed E-state index contributed by atoms with van der Waals surface area (Å²) in [4.78, 5) is 12.7. The number of carbonyl (C=O) groups excluding carboxylic acids is 1. The molecule has 6 heteroatoms. The van der Waals surface area contributed by atoms with Gasteiger partial charge >= 0.3 is 0 Å². The number of ether oxygens (including phenoxy) is 2. The Balaban J connectivity index is 1.42. The second-order valence-electron chi connectivity index (χ2n) is 8.20. The Hall–Kier alpha value is -3.56. The molecule has 0 radical (unpaired) electrons. The average molecular weight is 501 g/mol. The van der Waals surface area contributed by atoms with Gasteiger partial charge in [0.2, 0.25) is 5.88 Å². The van der Waals surface area contributed by atoms with Gasteiger partial charge in [0.05, 0.1) is 10.4 Å². The number of nitrogens with two attached hydrogens (primary N) is 1. The van der Waals surface area contributed by atoms with E-state index in [9.17, 15) is 10.1 Å². The van der Waals surface area contributed by atoms with E-state index in [-0.39, 0.29) is 17.2 Å². The zero-order valence-electron chi connectivity index (χ0n) is 17.8. The van der Waals surface area contributed by atoms with Gasteiger partial charge < -0.3 is 15.2 Å². The molecular formula is C27H21BrN2O3. The Morgan fingerprint density at radius 2 is 1.91 bits per heavy atom. The summed E-state index contributed by atoms with van der Waals surface area (Å²) >= 11 is 3.60. The van der Waals surface area contributed by atoms with Crippen LogP contribution in [0.5, 0.6) is 5.75 Å². The third-order valence-electron chi connectivity index (χ3n) is 6.10. The van der Waals surface area contributed by atoms with E-state index in [1.54, 1.807) is 0 Å². The fraction of sp³-hybridized carbons (Fsp3) is 0.185. The van der Waals surface area contributed by atoms with E-state index >= 15 is 0 Å². The molecule has 33 heavy (non-hydrogen) atoms. The fourth-order valence-electron chi connectivity index (χ4n) is 4.49. The number of Topliss-reactive ketones (excluding diaryl/α,β-unsaturated/α-hetero) is 1. The molecule has 0 bridgehead atoms. The second kappa shape index (κ2) is 8.76. The van der Waals surface area contributed by atoms with Gasteiger partial charge in [0.1, 0.15) is 29.8 Å². The van der Waals surface area contributed by atoms with E-state index in [4.69, 9.17) is 15.2 Å². The van der Waals surface area contributed by atoms with Crippen molar-refractivity contribution in [1.82, 2.24) is 0 Å². The number of fused-ring (bicyclic) bond motifs is 1. The number of nitriles is 1. The number of carbonyl (C=O) groups is 1. The summed E-state index contributed by atoms with van der Waals surface area (Å²) in [6, 6.07) is 22.3. The lowest BCUT2D eigenvalue weighted by atomic mass is 9.77. The van der Waals surface area contributed by atoms with Crippen molar-refractivity contribution in [3.8, 4) is 11.8 Å². The summed E-state index contributed by atoms with van der Waals surface area (Å²) in [6.07, 6.45) is 1.82. The normalized spacial score (nSPS) is 18.1. The molecule has 1 heterocycles. The number of rotatable bonds is 4. The largest absolute Gasteiger partial charge is 0.488 e. The molecule has 5 rings (SSSR count). The average Bonchev–Trinajstić information content (AvgIpc) is 2.82. The van der Waals surface area contributed by atoms with Crippen molar-refractivity contribution in [2.75, 3.05) is 0 Å². The Morgan fingerprint density at radius 1 is 1.09 bits per heavy atom. The summed E-state index contributed by atoms with van der Waals surface area (Å²) < 4.78 is 12.5. The quantitative estimate of drug-likeness (QED) is 0.474. The minimum atomic E-state index is -0.530. The Bertz CT molecular complexity index is 1380. The third kappa shape index (κ3) is 4.01. The van der Waals surface area contributed by atoms with E-state index < -0.39 is 5.92 Å². The van der Waals surface area contributed by atoms with Crippen molar-refractivity contribution >= 4 is 32.5 Å². The molecule has 3 aromatic carbocycles. The minimum Gasteiger partial charge on any atom is -0.488 e. The highest BCUT2D eigenvalue weighted by Gasteiger charge is 2.38. The fourth-order valence-corrected chi connectivity index (χ4v) is 5.00. The molecule has 0 saturated carbocycles. The van der Waals surface area contributed by atoms with Gasteiger partial charge in [-0.2, -0.15) is 5.26 Å². The standard InChI is InChI=1S/C27H21BrN2O3/c28-21-13-19(25-20(14-29)27(30)33-24-7-3-6-22(31)26(24)25)10-11-23(21)32-15-16-8-9-17-4-1-2-5-18(17)12-16/h1-2,4-5,8-13,25H,3,6-7,15,30H2. The lowest BCUT2D eigenvalue weighted by Gasteiger charge is -2.31. The van der Waals surface area contributed by atoms with Crippen LogP contribution < -0.4 is 10.5 Å². The van der Waals surface area contributed by atoms with E-state index in [0.717, 1.165) is 22.0 Å². The van der Waals surface area contributed by atoms with E-state index in [0.29, 0.717) is 36.5 Å². The highest BCUT2D eigenvalue weighted by Crippen LogP contribution is 2.44. The van der Waals surface area contributed by atoms with Crippen molar-refractivity contribution in [3.05, 3.63) is 99.1 Å². The molecule has 3 aromatic rings. The molecule has 1 aliphatic carbocycles. The number of hydrogen-bond donors (Lipinski definition) is 1. The van der Waals surface area contributed by atoms with E-state index in [1.165, 1.54) is 10.8 Å². The van der Waals surface area contributed by atoms with Gasteiger partial charge in [-0.15, -0.1) is 0 Å². The molecule has 2 aliphatic rings. The van der Waals surface area contributed by atoms with Crippen molar-refractivity contribution in [1.29, 1.82) is 5.26 Å². The van der Waals surface area contributed by atoms with Crippen LogP contribution in [0.2, 0.25) is 0 Å². The summed E-state index contributed by atoms with van der Waals surface area (Å²) in [5.41, 5.74) is 8.72. The lowest BCUT2D eigenvalue weighted by Crippen LogP contribution is -2.27. The first-order valence-electron chi connectivity index (χ1n) is 10.8. The number of allylic oxidation sites excluding steroid dienone is 3. The monoisotopic (exact) mass is 500 g/mol. The lowest BCUT2D eigenvalue weighted by molar-refractivity contribution is -0.116. The van der Waals surface area contributed by atoms with Crippen LogP contribution in [0.4, 0.5) is 0 Å². The predicted octanol–water partition coefficient (Wildman–Crippen LogP) is 6.00. The van der Waals surface area contributed by atoms with Crippen molar-refractivity contribution < 1.29 is 14.3 Å². The van der Waals surface area contributed by atoms with Crippen LogP contribution in [-0.4, -0.2) is 5.78 Å². The van der Waals surface area contributed by atoms with Crippen LogP contribution in [0.3, 0.4) is 0 Å². The van der Waals surface area contributed by atoms with Gasteiger partial charge in [-0.1, -0.05) is 42.5 Å². The van der Waals surface area contributed by atoms with Gasteiger partial charge in [-0.3, -0.25) is 4.79 Å². The first-order chi connectivity index (χ1) is 16.0. The van der Waals surface area contributed by atoms with Crippen LogP contribution in [0.1, 0.15) is 36.3 Å². The Kier molecular flexibility index (Phi) is 5.65. The summed E-state index contributed by atoms with van der Waals surface area (Å²) in [5.74, 6) is 0.814. The maximum absolute atomic E-state index is 12.7. The zero-order valence-corrected chi connectivity index (χ0v) is 19.4. The first kappa shape index (κ1) is 21.3. The molecule has 0 spiro atoms. The highest BCUT2D eigenvalue weighted by molar-refractivity contribution is 9.10. The van der Waals surface area contributed by atoms with Crippen LogP contribution in [0, 0.1) is 11.3 Å².